The van der Waals surface area contributed by atoms with E-state index in [2.05, 4.69) is 15.7 Å². The van der Waals surface area contributed by atoms with Gasteiger partial charge in [0, 0.05) is 44.3 Å². The van der Waals surface area contributed by atoms with Gasteiger partial charge in [0.2, 0.25) is 0 Å². The molecule has 6 nitrogen and oxygen atoms in total. The molecule has 2 aromatic carbocycles. The van der Waals surface area contributed by atoms with Gasteiger partial charge in [0.15, 0.2) is 0 Å². The highest BCUT2D eigenvalue weighted by Crippen LogP contribution is 2.28. The zero-order valence-electron chi connectivity index (χ0n) is 16.9. The molecule has 30 heavy (non-hydrogen) atoms. The van der Waals surface area contributed by atoms with Gasteiger partial charge in [0.1, 0.15) is 5.82 Å². The molecule has 1 aliphatic heterocycles. The predicted octanol–water partition coefficient (Wildman–Crippen LogP) is 4.01. The fourth-order valence-corrected chi connectivity index (χ4v) is 3.68. The van der Waals surface area contributed by atoms with Crippen molar-refractivity contribution in [3.8, 4) is 11.1 Å². The minimum Gasteiger partial charge on any atom is -0.381 e. The Kier molecular flexibility index (Phi) is 6.09. The van der Waals surface area contributed by atoms with Gasteiger partial charge in [-0.15, -0.1) is 0 Å². The first-order chi connectivity index (χ1) is 14.6. The molecule has 0 bridgehead atoms. The molecule has 0 atom stereocenters. The highest BCUT2D eigenvalue weighted by molar-refractivity contribution is 6.00. The van der Waals surface area contributed by atoms with Crippen LogP contribution >= 0.6 is 0 Å². The molecule has 1 saturated heterocycles. The lowest BCUT2D eigenvalue weighted by molar-refractivity contribution is 0.0662. The zero-order valence-corrected chi connectivity index (χ0v) is 16.9. The second-order valence-corrected chi connectivity index (χ2v) is 7.38. The van der Waals surface area contributed by atoms with E-state index in [1.165, 1.54) is 12.1 Å². The number of hydrogen-bond donors (Lipinski definition) is 2. The van der Waals surface area contributed by atoms with E-state index in [0.717, 1.165) is 42.7 Å². The van der Waals surface area contributed by atoms with Crippen LogP contribution in [-0.4, -0.2) is 35.9 Å². The topological polar surface area (TPSA) is 68.2 Å². The van der Waals surface area contributed by atoms with Crippen LogP contribution in [0.2, 0.25) is 0 Å². The molecule has 1 aromatic heterocycles. The molecule has 1 fully saturated rings. The molecular formula is C23H25FN4O2. The van der Waals surface area contributed by atoms with Crippen molar-refractivity contribution >= 4 is 11.6 Å². The summed E-state index contributed by atoms with van der Waals surface area (Å²) in [5, 5.41) is 10.5. The lowest BCUT2D eigenvalue weighted by Gasteiger charge is -2.22. The molecular weight excluding hydrogens is 383 g/mol. The number of rotatable bonds is 6. The summed E-state index contributed by atoms with van der Waals surface area (Å²) in [6.45, 7) is 1.93. The third-order valence-electron chi connectivity index (χ3n) is 5.36. The molecule has 0 spiro atoms. The first-order valence-electron chi connectivity index (χ1n) is 10.1. The second-order valence-electron chi connectivity index (χ2n) is 7.38. The lowest BCUT2D eigenvalue weighted by Crippen LogP contribution is -2.20. The number of hydrogen-bond acceptors (Lipinski definition) is 4. The van der Waals surface area contributed by atoms with E-state index in [9.17, 15) is 9.18 Å². The molecule has 2 heterocycles. The molecule has 156 valence electrons. The average Bonchev–Trinajstić information content (AvgIpc) is 3.28. The first kappa shape index (κ1) is 20.1. The third-order valence-corrected chi connectivity index (χ3v) is 5.36. The summed E-state index contributed by atoms with van der Waals surface area (Å²) < 4.78 is 20.9. The minimum atomic E-state index is -0.282. The van der Waals surface area contributed by atoms with Gasteiger partial charge < -0.3 is 15.4 Å². The Balaban J connectivity index is 1.59. The molecule has 0 radical (unpaired) electrons. The molecule has 0 aliphatic carbocycles. The van der Waals surface area contributed by atoms with E-state index in [1.807, 2.05) is 35.3 Å². The van der Waals surface area contributed by atoms with Crippen molar-refractivity contribution < 1.29 is 13.9 Å². The van der Waals surface area contributed by atoms with Gasteiger partial charge >= 0.3 is 0 Å². The van der Waals surface area contributed by atoms with Crippen LogP contribution in [-0.2, 0) is 11.3 Å². The SMILES string of the molecule is CNC(=O)c1ccc(-c2cnn(C3CCOCC3)c2)cc1NCc1cccc(F)c1. The Morgan fingerprint density at radius 2 is 2.03 bits per heavy atom. The van der Waals surface area contributed by atoms with Gasteiger partial charge in [0.25, 0.3) is 5.91 Å². The standard InChI is InChI=1S/C23H25FN4O2/c1-25-23(29)21-6-5-17(12-22(21)26-13-16-3-2-4-19(24)11-16)18-14-27-28(15-18)20-7-9-30-10-8-20/h2-6,11-12,14-15,20,26H,7-10,13H2,1H3,(H,25,29). The van der Waals surface area contributed by atoms with E-state index in [4.69, 9.17) is 4.74 Å². The van der Waals surface area contributed by atoms with Crippen molar-refractivity contribution in [3.05, 3.63) is 71.8 Å². The van der Waals surface area contributed by atoms with Crippen LogP contribution in [0.1, 0.15) is 34.8 Å². The van der Waals surface area contributed by atoms with Crippen LogP contribution in [0.15, 0.2) is 54.9 Å². The number of aromatic nitrogens is 2. The highest BCUT2D eigenvalue weighted by atomic mass is 19.1. The highest BCUT2D eigenvalue weighted by Gasteiger charge is 2.18. The lowest BCUT2D eigenvalue weighted by atomic mass is 10.0. The van der Waals surface area contributed by atoms with E-state index >= 15 is 0 Å². The summed E-state index contributed by atoms with van der Waals surface area (Å²) in [4.78, 5) is 12.3. The van der Waals surface area contributed by atoms with Gasteiger partial charge in [-0.2, -0.15) is 5.10 Å². The third kappa shape index (κ3) is 4.52. The molecule has 0 saturated carbocycles. The van der Waals surface area contributed by atoms with Crippen LogP contribution in [0.5, 0.6) is 0 Å². The number of carbonyl (C=O) groups is 1. The summed E-state index contributed by atoms with van der Waals surface area (Å²) in [6, 6.07) is 12.4. The molecule has 7 heteroatoms. The maximum Gasteiger partial charge on any atom is 0.253 e. The number of carbonyl (C=O) groups excluding carboxylic acids is 1. The first-order valence-corrected chi connectivity index (χ1v) is 10.1. The van der Waals surface area contributed by atoms with E-state index in [-0.39, 0.29) is 11.7 Å². The number of halogens is 1. The number of nitrogens with one attached hydrogen (secondary N) is 2. The Bertz CT molecular complexity index is 1030. The quantitative estimate of drug-likeness (QED) is 0.647. The number of ether oxygens (including phenoxy) is 1. The normalized spacial score (nSPS) is 14.5. The van der Waals surface area contributed by atoms with E-state index < -0.39 is 0 Å². The fourth-order valence-electron chi connectivity index (χ4n) is 3.68. The zero-order chi connectivity index (χ0) is 20.9. The average molecular weight is 408 g/mol. The predicted molar refractivity (Wildman–Crippen MR) is 114 cm³/mol. The van der Waals surface area contributed by atoms with Crippen molar-refractivity contribution in [1.82, 2.24) is 15.1 Å². The van der Waals surface area contributed by atoms with Crippen LogP contribution in [0.3, 0.4) is 0 Å². The van der Waals surface area contributed by atoms with E-state index in [1.54, 1.807) is 19.2 Å². The van der Waals surface area contributed by atoms with Gasteiger partial charge in [-0.3, -0.25) is 9.48 Å². The van der Waals surface area contributed by atoms with Gasteiger partial charge in [-0.25, -0.2) is 4.39 Å². The van der Waals surface area contributed by atoms with Gasteiger partial charge in [-0.05, 0) is 48.2 Å². The van der Waals surface area contributed by atoms with Crippen molar-refractivity contribution in [1.29, 1.82) is 0 Å². The smallest absolute Gasteiger partial charge is 0.253 e. The van der Waals surface area contributed by atoms with Crippen molar-refractivity contribution in [2.24, 2.45) is 0 Å². The molecule has 1 aliphatic rings. The van der Waals surface area contributed by atoms with Crippen molar-refractivity contribution in [2.75, 3.05) is 25.6 Å². The van der Waals surface area contributed by atoms with Crippen LogP contribution in [0, 0.1) is 5.82 Å². The molecule has 4 rings (SSSR count). The number of nitrogens with zero attached hydrogens (tertiary/aromatic N) is 2. The molecule has 1 amide bonds. The minimum absolute atomic E-state index is 0.179. The summed E-state index contributed by atoms with van der Waals surface area (Å²) in [5.74, 6) is -0.462. The van der Waals surface area contributed by atoms with Gasteiger partial charge in [-0.1, -0.05) is 18.2 Å². The fraction of sp³-hybridized carbons (Fsp3) is 0.304. The van der Waals surface area contributed by atoms with Crippen LogP contribution in [0.25, 0.3) is 11.1 Å². The van der Waals surface area contributed by atoms with Crippen LogP contribution in [0.4, 0.5) is 10.1 Å². The Hall–Kier alpha value is -3.19. The van der Waals surface area contributed by atoms with Crippen LogP contribution < -0.4 is 10.6 Å². The Labute approximate surface area is 175 Å². The largest absolute Gasteiger partial charge is 0.381 e. The summed E-state index contributed by atoms with van der Waals surface area (Å²) >= 11 is 0. The van der Waals surface area contributed by atoms with Crippen molar-refractivity contribution in [2.45, 2.75) is 25.4 Å². The Morgan fingerprint density at radius 3 is 2.80 bits per heavy atom. The second kappa shape index (κ2) is 9.09. The number of anilines is 1. The maximum atomic E-state index is 13.5. The summed E-state index contributed by atoms with van der Waals surface area (Å²) in [6.07, 6.45) is 5.80. The molecule has 2 N–H and O–H groups in total. The van der Waals surface area contributed by atoms with E-state index in [0.29, 0.717) is 23.8 Å². The number of amides is 1. The maximum absolute atomic E-state index is 13.5. The molecule has 3 aromatic rings. The monoisotopic (exact) mass is 408 g/mol. The number of benzene rings is 2. The molecule has 0 unspecified atom stereocenters. The van der Waals surface area contributed by atoms with Gasteiger partial charge in [0.05, 0.1) is 17.8 Å². The summed E-state index contributed by atoms with van der Waals surface area (Å²) in [7, 11) is 1.60. The van der Waals surface area contributed by atoms with Crippen molar-refractivity contribution in [3.63, 3.8) is 0 Å². The Morgan fingerprint density at radius 1 is 1.20 bits per heavy atom. The summed E-state index contributed by atoms with van der Waals surface area (Å²) in [5.41, 5.74) is 3.97.